The van der Waals surface area contributed by atoms with E-state index in [1.54, 1.807) is 12.1 Å². The Labute approximate surface area is 92.9 Å². The third kappa shape index (κ3) is 1.20. The molecular weight excluding hydrogens is 198 g/mol. The van der Waals surface area contributed by atoms with Gasteiger partial charge in [-0.1, -0.05) is 24.3 Å². The lowest BCUT2D eigenvalue weighted by Crippen LogP contribution is -1.87. The minimum atomic E-state index is 0.273. The van der Waals surface area contributed by atoms with Gasteiger partial charge in [-0.25, -0.2) is 0 Å². The van der Waals surface area contributed by atoms with E-state index in [2.05, 4.69) is 0 Å². The molecule has 0 aliphatic heterocycles. The van der Waals surface area contributed by atoms with Crippen molar-refractivity contribution in [2.45, 2.75) is 0 Å². The summed E-state index contributed by atoms with van der Waals surface area (Å²) >= 11 is 0. The first-order chi connectivity index (χ1) is 7.75. The highest BCUT2D eigenvalue weighted by Gasteiger charge is 2.04. The maximum absolute atomic E-state index is 9.80. The van der Waals surface area contributed by atoms with Gasteiger partial charge in [-0.05, 0) is 35.0 Å². The molecule has 0 aliphatic carbocycles. The van der Waals surface area contributed by atoms with Crippen molar-refractivity contribution in [1.82, 2.24) is 0 Å². The first kappa shape index (κ1) is 9.04. The second-order valence-electron chi connectivity index (χ2n) is 3.92. The minimum absolute atomic E-state index is 0.273. The van der Waals surface area contributed by atoms with E-state index in [4.69, 9.17) is 5.73 Å². The highest BCUT2D eigenvalue weighted by molar-refractivity contribution is 6.05. The third-order valence-electron chi connectivity index (χ3n) is 2.89. The molecule has 0 saturated heterocycles. The monoisotopic (exact) mass is 209 g/mol. The second kappa shape index (κ2) is 3.14. The third-order valence-corrected chi connectivity index (χ3v) is 2.89. The van der Waals surface area contributed by atoms with Gasteiger partial charge in [0.1, 0.15) is 5.75 Å². The molecule has 0 radical (unpaired) electrons. The Hall–Kier alpha value is -2.22. The molecule has 0 saturated carbocycles. The van der Waals surface area contributed by atoms with Crippen LogP contribution in [0, 0.1) is 0 Å². The molecule has 3 aromatic rings. The molecule has 0 heterocycles. The normalized spacial score (nSPS) is 11.0. The largest absolute Gasteiger partial charge is 0.507 e. The Kier molecular flexibility index (Phi) is 1.77. The number of aromatic hydroxyl groups is 1. The van der Waals surface area contributed by atoms with E-state index in [1.807, 2.05) is 36.4 Å². The smallest absolute Gasteiger partial charge is 0.123 e. The van der Waals surface area contributed by atoms with Gasteiger partial charge in [0.05, 0.1) is 0 Å². The molecule has 0 fully saturated rings. The van der Waals surface area contributed by atoms with Crippen molar-refractivity contribution in [3.8, 4) is 5.75 Å². The van der Waals surface area contributed by atoms with Gasteiger partial charge in [0, 0.05) is 16.5 Å². The molecule has 2 nitrogen and oxygen atoms in total. The highest BCUT2D eigenvalue weighted by atomic mass is 16.3. The molecule has 0 spiro atoms. The molecule has 0 unspecified atom stereocenters. The Morgan fingerprint density at radius 3 is 2.12 bits per heavy atom. The average molecular weight is 209 g/mol. The first-order valence-corrected chi connectivity index (χ1v) is 5.16. The lowest BCUT2D eigenvalue weighted by molar-refractivity contribution is 0.482. The number of hydrogen-bond donors (Lipinski definition) is 2. The summed E-state index contributed by atoms with van der Waals surface area (Å²) in [5.74, 6) is 0.273. The number of anilines is 1. The van der Waals surface area contributed by atoms with Gasteiger partial charge in [-0.2, -0.15) is 0 Å². The molecule has 2 heteroatoms. The van der Waals surface area contributed by atoms with Crippen LogP contribution in [0.1, 0.15) is 0 Å². The zero-order chi connectivity index (χ0) is 11.1. The van der Waals surface area contributed by atoms with Crippen molar-refractivity contribution in [2.75, 3.05) is 5.73 Å². The zero-order valence-electron chi connectivity index (χ0n) is 8.64. The first-order valence-electron chi connectivity index (χ1n) is 5.16. The summed E-state index contributed by atoms with van der Waals surface area (Å²) in [4.78, 5) is 0. The van der Waals surface area contributed by atoms with Crippen LogP contribution in [0.3, 0.4) is 0 Å². The Morgan fingerprint density at radius 1 is 0.812 bits per heavy atom. The molecule has 0 aliphatic rings. The summed E-state index contributed by atoms with van der Waals surface area (Å²) in [6, 6.07) is 15.4. The van der Waals surface area contributed by atoms with Crippen LogP contribution < -0.4 is 5.73 Å². The molecule has 78 valence electrons. The molecule has 16 heavy (non-hydrogen) atoms. The molecule has 0 atom stereocenters. The van der Waals surface area contributed by atoms with E-state index in [0.717, 1.165) is 21.5 Å². The standard InChI is InChI=1S/C14H11NO/c15-13-5-6-14(16)12-8-10-4-2-1-3-9(10)7-11(12)13/h1-8,16H,15H2. The van der Waals surface area contributed by atoms with Crippen molar-refractivity contribution < 1.29 is 5.11 Å². The number of nitrogens with two attached hydrogens (primary N) is 1. The van der Waals surface area contributed by atoms with Crippen molar-refractivity contribution >= 4 is 27.2 Å². The fourth-order valence-corrected chi connectivity index (χ4v) is 2.04. The number of hydrogen-bond acceptors (Lipinski definition) is 2. The Bertz CT molecular complexity index is 629. The molecule has 3 aromatic carbocycles. The molecule has 0 amide bonds. The van der Waals surface area contributed by atoms with Crippen molar-refractivity contribution in [2.24, 2.45) is 0 Å². The molecule has 0 bridgehead atoms. The van der Waals surface area contributed by atoms with Crippen LogP contribution in [0.25, 0.3) is 21.5 Å². The van der Waals surface area contributed by atoms with Gasteiger partial charge in [0.15, 0.2) is 0 Å². The summed E-state index contributed by atoms with van der Waals surface area (Å²) < 4.78 is 0. The predicted octanol–water partition coefficient (Wildman–Crippen LogP) is 3.28. The van der Waals surface area contributed by atoms with Crippen LogP contribution in [0.5, 0.6) is 5.75 Å². The summed E-state index contributed by atoms with van der Waals surface area (Å²) in [6.45, 7) is 0. The van der Waals surface area contributed by atoms with E-state index in [1.165, 1.54) is 0 Å². The van der Waals surface area contributed by atoms with Crippen molar-refractivity contribution in [1.29, 1.82) is 0 Å². The second-order valence-corrected chi connectivity index (χ2v) is 3.92. The summed E-state index contributed by atoms with van der Waals surface area (Å²) in [7, 11) is 0. The lowest BCUT2D eigenvalue weighted by Gasteiger charge is -2.06. The SMILES string of the molecule is Nc1ccc(O)c2cc3ccccc3cc12. The van der Waals surface area contributed by atoms with Crippen molar-refractivity contribution in [3.63, 3.8) is 0 Å². The van der Waals surface area contributed by atoms with E-state index >= 15 is 0 Å². The van der Waals surface area contributed by atoms with Gasteiger partial charge in [-0.15, -0.1) is 0 Å². The number of fused-ring (bicyclic) bond motifs is 2. The number of nitrogen functional groups attached to an aromatic ring is 1. The molecule has 3 N–H and O–H groups in total. The van der Waals surface area contributed by atoms with E-state index in [9.17, 15) is 5.11 Å². The quantitative estimate of drug-likeness (QED) is 0.339. The summed E-state index contributed by atoms with van der Waals surface area (Å²) in [5.41, 5.74) is 6.60. The number of phenols is 1. The highest BCUT2D eigenvalue weighted by Crippen LogP contribution is 2.32. The van der Waals surface area contributed by atoms with E-state index in [0.29, 0.717) is 5.69 Å². The maximum Gasteiger partial charge on any atom is 0.123 e. The van der Waals surface area contributed by atoms with Crippen LogP contribution >= 0.6 is 0 Å². The predicted molar refractivity (Wildman–Crippen MR) is 67.5 cm³/mol. The van der Waals surface area contributed by atoms with Crippen molar-refractivity contribution in [3.05, 3.63) is 48.5 Å². The van der Waals surface area contributed by atoms with Gasteiger partial charge in [0.2, 0.25) is 0 Å². The summed E-state index contributed by atoms with van der Waals surface area (Å²) in [6.07, 6.45) is 0. The topological polar surface area (TPSA) is 46.2 Å². The van der Waals surface area contributed by atoms with Gasteiger partial charge in [0.25, 0.3) is 0 Å². The molecular formula is C14H11NO. The molecule has 3 rings (SSSR count). The van der Waals surface area contributed by atoms with Crippen LogP contribution in [-0.4, -0.2) is 5.11 Å². The fourth-order valence-electron chi connectivity index (χ4n) is 2.04. The lowest BCUT2D eigenvalue weighted by atomic mass is 10.0. The van der Waals surface area contributed by atoms with Crippen LogP contribution in [0.15, 0.2) is 48.5 Å². The van der Waals surface area contributed by atoms with E-state index < -0.39 is 0 Å². The summed E-state index contributed by atoms with van der Waals surface area (Å²) in [5, 5.41) is 13.7. The Balaban J connectivity index is 2.56. The van der Waals surface area contributed by atoms with Crippen LogP contribution in [-0.2, 0) is 0 Å². The average Bonchev–Trinajstić information content (AvgIpc) is 2.32. The Morgan fingerprint density at radius 2 is 1.44 bits per heavy atom. The molecule has 0 aromatic heterocycles. The number of benzene rings is 3. The van der Waals surface area contributed by atoms with Gasteiger partial charge >= 0.3 is 0 Å². The fraction of sp³-hybridized carbons (Fsp3) is 0. The van der Waals surface area contributed by atoms with E-state index in [-0.39, 0.29) is 5.75 Å². The minimum Gasteiger partial charge on any atom is -0.507 e. The van der Waals surface area contributed by atoms with Crippen LogP contribution in [0.2, 0.25) is 0 Å². The zero-order valence-corrected chi connectivity index (χ0v) is 8.64. The van der Waals surface area contributed by atoms with Gasteiger partial charge < -0.3 is 10.8 Å². The number of rotatable bonds is 0. The van der Waals surface area contributed by atoms with Crippen LogP contribution in [0.4, 0.5) is 5.69 Å². The maximum atomic E-state index is 9.80. The van der Waals surface area contributed by atoms with Gasteiger partial charge in [-0.3, -0.25) is 0 Å². The number of phenolic OH excluding ortho intramolecular Hbond substituents is 1.